The number of aryl methyl sites for hydroxylation is 1. The van der Waals surface area contributed by atoms with Gasteiger partial charge in [-0.05, 0) is 69.2 Å². The quantitative estimate of drug-likeness (QED) is 0.202. The van der Waals surface area contributed by atoms with Crippen molar-refractivity contribution in [2.75, 3.05) is 26.9 Å². The van der Waals surface area contributed by atoms with Crippen LogP contribution in [0.5, 0.6) is 17.2 Å². The van der Waals surface area contributed by atoms with Gasteiger partial charge in [0.05, 0.1) is 18.6 Å². The van der Waals surface area contributed by atoms with Gasteiger partial charge in [0.2, 0.25) is 10.0 Å². The summed E-state index contributed by atoms with van der Waals surface area (Å²) >= 11 is 0. The van der Waals surface area contributed by atoms with Crippen molar-refractivity contribution in [2.24, 2.45) is 5.14 Å². The number of rotatable bonds is 12. The van der Waals surface area contributed by atoms with Crippen LogP contribution in [0.2, 0.25) is 0 Å². The second-order valence-corrected chi connectivity index (χ2v) is 11.6. The number of ether oxygens (including phenoxy) is 3. The van der Waals surface area contributed by atoms with Crippen molar-refractivity contribution in [3.63, 3.8) is 0 Å². The van der Waals surface area contributed by atoms with Gasteiger partial charge in [0.15, 0.2) is 11.5 Å². The van der Waals surface area contributed by atoms with E-state index in [9.17, 15) is 16.8 Å². The van der Waals surface area contributed by atoms with Gasteiger partial charge in [0.25, 0.3) is 10.1 Å². The molecule has 0 amide bonds. The van der Waals surface area contributed by atoms with E-state index in [0.717, 1.165) is 16.9 Å². The van der Waals surface area contributed by atoms with Crippen LogP contribution in [0.3, 0.4) is 0 Å². The Bertz CT molecular complexity index is 1420. The molecule has 3 aromatic rings. The summed E-state index contributed by atoms with van der Waals surface area (Å²) in [6.07, 6.45) is 0.641. The molecule has 0 aliphatic carbocycles. The molecule has 13 heteroatoms. The van der Waals surface area contributed by atoms with Gasteiger partial charge in [-0.15, -0.1) is 12.4 Å². The summed E-state index contributed by atoms with van der Waals surface area (Å²) in [7, 11) is -6.45. The van der Waals surface area contributed by atoms with Crippen LogP contribution in [-0.4, -0.2) is 54.3 Å². The van der Waals surface area contributed by atoms with E-state index in [4.69, 9.17) is 23.9 Å². The number of hydrogen-bond acceptors (Lipinski definition) is 8. The second kappa shape index (κ2) is 16.4. The maximum atomic E-state index is 11.7. The highest BCUT2D eigenvalue weighted by molar-refractivity contribution is 7.89. The Kier molecular flexibility index (Phi) is 14.4. The van der Waals surface area contributed by atoms with Crippen molar-refractivity contribution in [3.05, 3.63) is 77.9 Å². The van der Waals surface area contributed by atoms with Crippen LogP contribution >= 0.6 is 12.4 Å². The number of primary sulfonamides is 1. The summed E-state index contributed by atoms with van der Waals surface area (Å²) < 4.78 is 69.4. The van der Waals surface area contributed by atoms with E-state index in [2.05, 4.69) is 5.32 Å². The van der Waals surface area contributed by atoms with Gasteiger partial charge in [0.1, 0.15) is 17.3 Å². The van der Waals surface area contributed by atoms with E-state index in [1.165, 1.54) is 19.2 Å². The fraction of sp³-hybridized carbons (Fsp3) is 0.333. The smallest absolute Gasteiger partial charge is 0.294 e. The minimum absolute atomic E-state index is 0. The van der Waals surface area contributed by atoms with Crippen LogP contribution in [0.15, 0.2) is 76.5 Å². The number of hydrogen-bond donors (Lipinski definition) is 3. The molecule has 1 atom stereocenters. The van der Waals surface area contributed by atoms with E-state index >= 15 is 0 Å². The highest BCUT2D eigenvalue weighted by atomic mass is 35.5. The average molecular weight is 617 g/mol. The normalized spacial score (nSPS) is 11.8. The molecule has 222 valence electrons. The molecule has 3 rings (SSSR count). The highest BCUT2D eigenvalue weighted by Gasteiger charge is 2.16. The number of methoxy groups -OCH3 is 1. The Hall–Kier alpha value is -2.87. The fourth-order valence-corrected chi connectivity index (χ4v) is 4.74. The highest BCUT2D eigenvalue weighted by Crippen LogP contribution is 2.26. The summed E-state index contributed by atoms with van der Waals surface area (Å²) in [5, 5.41) is 8.63. The first-order valence-corrected chi connectivity index (χ1v) is 15.2. The Morgan fingerprint density at radius 3 is 2.05 bits per heavy atom. The summed E-state index contributed by atoms with van der Waals surface area (Å²) in [5.41, 5.74) is 1.81. The molecule has 10 nitrogen and oxygen atoms in total. The van der Waals surface area contributed by atoms with E-state index in [1.54, 1.807) is 24.3 Å². The Morgan fingerprint density at radius 1 is 0.925 bits per heavy atom. The van der Waals surface area contributed by atoms with Gasteiger partial charge >= 0.3 is 0 Å². The molecule has 0 unspecified atom stereocenters. The molecule has 0 bridgehead atoms. The molecule has 0 saturated carbocycles. The average Bonchev–Trinajstić information content (AvgIpc) is 2.87. The van der Waals surface area contributed by atoms with E-state index in [0.29, 0.717) is 31.9 Å². The van der Waals surface area contributed by atoms with Crippen LogP contribution in [0.4, 0.5) is 0 Å². The van der Waals surface area contributed by atoms with Crippen LogP contribution in [0.25, 0.3) is 0 Å². The van der Waals surface area contributed by atoms with Crippen LogP contribution in [0.1, 0.15) is 25.0 Å². The lowest BCUT2D eigenvalue weighted by atomic mass is 10.1. The summed E-state index contributed by atoms with van der Waals surface area (Å²) in [5.74, 6) is 1.69. The lowest BCUT2D eigenvalue weighted by Gasteiger charge is -2.16. The van der Waals surface area contributed by atoms with Gasteiger partial charge in [-0.1, -0.05) is 35.9 Å². The Morgan fingerprint density at radius 2 is 1.52 bits per heavy atom. The molecule has 0 heterocycles. The minimum Gasteiger partial charge on any atom is -0.495 e. The first kappa shape index (κ1) is 35.2. The third-order valence-electron chi connectivity index (χ3n) is 5.40. The molecule has 4 N–H and O–H groups in total. The molecule has 0 saturated heterocycles. The Balaban J connectivity index is 0.000000559. The SMILES string of the molecule is CCOc1ccccc1OCCN[C@H](C)Cc1ccc(OC)c(S(N)(=O)=O)c1.Cc1ccc(S(=O)(=O)O)cc1.Cl. The van der Waals surface area contributed by atoms with Gasteiger partial charge in [-0.25, -0.2) is 13.6 Å². The van der Waals surface area contributed by atoms with E-state index < -0.39 is 20.1 Å². The molecule has 0 aliphatic heterocycles. The first-order chi connectivity index (χ1) is 18.3. The third kappa shape index (κ3) is 11.7. The summed E-state index contributed by atoms with van der Waals surface area (Å²) in [6.45, 7) is 7.50. The zero-order chi connectivity index (χ0) is 29.1. The standard InChI is InChI=1S/C20H28N2O5S.C7H8O3S.ClH/c1-4-26-17-7-5-6-8-18(17)27-12-11-22-15(2)13-16-9-10-19(25-3)20(14-16)28(21,23)24;1-6-2-4-7(5-3-6)11(8,9)10;/h5-10,14-15,22H,4,11-13H2,1-3H3,(H2,21,23,24);2-5H,1H3,(H,8,9,10);1H/t15-;;/m1../s1. The van der Waals surface area contributed by atoms with Crippen LogP contribution in [-0.2, 0) is 26.6 Å². The van der Waals surface area contributed by atoms with E-state index in [-0.39, 0.29) is 34.0 Å². The maximum Gasteiger partial charge on any atom is 0.294 e. The van der Waals surface area contributed by atoms with Gasteiger partial charge in [-0.3, -0.25) is 4.55 Å². The van der Waals surface area contributed by atoms with Crippen molar-refractivity contribution >= 4 is 32.5 Å². The minimum atomic E-state index is -4.02. The lowest BCUT2D eigenvalue weighted by Crippen LogP contribution is -2.32. The van der Waals surface area contributed by atoms with Crippen LogP contribution in [0, 0.1) is 6.92 Å². The van der Waals surface area contributed by atoms with Crippen molar-refractivity contribution < 1.29 is 35.6 Å². The molecule has 0 spiro atoms. The predicted octanol–water partition coefficient (Wildman–Crippen LogP) is 4.00. The monoisotopic (exact) mass is 616 g/mol. The second-order valence-electron chi connectivity index (χ2n) is 8.61. The largest absolute Gasteiger partial charge is 0.495 e. The van der Waals surface area contributed by atoms with Crippen molar-refractivity contribution in [1.82, 2.24) is 5.32 Å². The number of benzene rings is 3. The molecular weight excluding hydrogens is 580 g/mol. The number of halogens is 1. The predicted molar refractivity (Wildman–Crippen MR) is 157 cm³/mol. The van der Waals surface area contributed by atoms with Crippen molar-refractivity contribution in [2.45, 2.75) is 43.0 Å². The Labute approximate surface area is 243 Å². The van der Waals surface area contributed by atoms with Crippen molar-refractivity contribution in [3.8, 4) is 17.2 Å². The number of sulfonamides is 1. The summed E-state index contributed by atoms with van der Waals surface area (Å²) in [6, 6.07) is 18.7. The van der Waals surface area contributed by atoms with Gasteiger partial charge in [0, 0.05) is 12.6 Å². The van der Waals surface area contributed by atoms with Crippen molar-refractivity contribution in [1.29, 1.82) is 0 Å². The number of nitrogens with two attached hydrogens (primary N) is 1. The van der Waals surface area contributed by atoms with Crippen LogP contribution < -0.4 is 24.7 Å². The molecular formula is C27H37ClN2O8S2. The topological polar surface area (TPSA) is 154 Å². The molecule has 0 aliphatic rings. The van der Waals surface area contributed by atoms with Gasteiger partial charge in [-0.2, -0.15) is 8.42 Å². The number of para-hydroxylation sites is 2. The molecule has 0 radical (unpaired) electrons. The third-order valence-corrected chi connectivity index (χ3v) is 7.20. The molecule has 40 heavy (non-hydrogen) atoms. The molecule has 0 fully saturated rings. The number of nitrogens with one attached hydrogen (secondary N) is 1. The van der Waals surface area contributed by atoms with Gasteiger partial charge < -0.3 is 19.5 Å². The summed E-state index contributed by atoms with van der Waals surface area (Å²) in [4.78, 5) is -0.0707. The van der Waals surface area contributed by atoms with E-state index in [1.807, 2.05) is 51.1 Å². The maximum absolute atomic E-state index is 11.7. The zero-order valence-corrected chi connectivity index (χ0v) is 25.3. The lowest BCUT2D eigenvalue weighted by molar-refractivity contribution is 0.272. The molecule has 3 aromatic carbocycles. The molecule has 0 aromatic heterocycles. The first-order valence-electron chi connectivity index (χ1n) is 12.2. The fourth-order valence-electron chi connectivity index (χ4n) is 3.52. The zero-order valence-electron chi connectivity index (χ0n) is 22.9.